The molecule has 0 aliphatic carbocycles. The molecule has 2 rings (SSSR count). The lowest BCUT2D eigenvalue weighted by molar-refractivity contribution is -0.130. The summed E-state index contributed by atoms with van der Waals surface area (Å²) in [5, 5.41) is 12.2. The van der Waals surface area contributed by atoms with Gasteiger partial charge in [0.25, 0.3) is 5.91 Å². The predicted molar refractivity (Wildman–Crippen MR) is 72.8 cm³/mol. The van der Waals surface area contributed by atoms with Gasteiger partial charge in [0, 0.05) is 24.5 Å². The molecule has 0 unspecified atom stereocenters. The van der Waals surface area contributed by atoms with Crippen LogP contribution in [0.2, 0.25) is 0 Å². The molecule has 4 heteroatoms. The molecule has 0 aromatic heterocycles. The van der Waals surface area contributed by atoms with Gasteiger partial charge in [-0.1, -0.05) is 0 Å². The van der Waals surface area contributed by atoms with Crippen molar-refractivity contribution >= 4 is 17.3 Å². The quantitative estimate of drug-likeness (QED) is 0.860. The van der Waals surface area contributed by atoms with Crippen LogP contribution in [0.1, 0.15) is 26.7 Å². The first kappa shape index (κ1) is 12.9. The summed E-state index contributed by atoms with van der Waals surface area (Å²) in [4.78, 5) is 13.9. The Morgan fingerprint density at radius 1 is 1.22 bits per heavy atom. The van der Waals surface area contributed by atoms with Crippen LogP contribution < -0.4 is 10.2 Å². The van der Waals surface area contributed by atoms with Gasteiger partial charge in [-0.05, 0) is 51.0 Å². The van der Waals surface area contributed by atoms with E-state index in [0.717, 1.165) is 13.1 Å². The van der Waals surface area contributed by atoms with Crippen molar-refractivity contribution in [2.75, 3.05) is 23.3 Å². The van der Waals surface area contributed by atoms with Crippen LogP contribution in [0.25, 0.3) is 0 Å². The Labute approximate surface area is 108 Å². The fraction of sp³-hybridized carbons (Fsp3) is 0.500. The van der Waals surface area contributed by atoms with Crippen molar-refractivity contribution in [3.05, 3.63) is 24.3 Å². The minimum atomic E-state index is -1.35. The number of hydrogen-bond donors (Lipinski definition) is 2. The highest BCUT2D eigenvalue weighted by molar-refractivity contribution is 5.96. The minimum absolute atomic E-state index is 0.392. The molecule has 1 heterocycles. The van der Waals surface area contributed by atoms with Gasteiger partial charge in [0.15, 0.2) is 0 Å². The zero-order chi connectivity index (χ0) is 13.2. The molecule has 0 saturated carbocycles. The van der Waals surface area contributed by atoms with Crippen molar-refractivity contribution in [2.45, 2.75) is 32.3 Å². The molecule has 2 N–H and O–H groups in total. The molecule has 4 nitrogen and oxygen atoms in total. The molecule has 0 spiro atoms. The molecular weight excluding hydrogens is 228 g/mol. The molecule has 98 valence electrons. The van der Waals surface area contributed by atoms with E-state index in [2.05, 4.69) is 10.2 Å². The molecule has 0 atom stereocenters. The van der Waals surface area contributed by atoms with Crippen LogP contribution in [0.5, 0.6) is 0 Å². The number of aliphatic hydroxyl groups is 1. The van der Waals surface area contributed by atoms with E-state index in [4.69, 9.17) is 0 Å². The largest absolute Gasteiger partial charge is 0.381 e. The zero-order valence-electron chi connectivity index (χ0n) is 10.9. The second kappa shape index (κ2) is 4.98. The van der Waals surface area contributed by atoms with Crippen molar-refractivity contribution in [1.82, 2.24) is 0 Å². The van der Waals surface area contributed by atoms with E-state index in [0.29, 0.717) is 5.69 Å². The number of nitrogens with one attached hydrogen (secondary N) is 1. The average molecular weight is 248 g/mol. The van der Waals surface area contributed by atoms with Crippen molar-refractivity contribution in [3.63, 3.8) is 0 Å². The number of nitrogens with zero attached hydrogens (tertiary/aromatic N) is 1. The summed E-state index contributed by atoms with van der Waals surface area (Å²) in [5.74, 6) is -0.392. The minimum Gasteiger partial charge on any atom is -0.381 e. The third-order valence-electron chi connectivity index (χ3n) is 3.15. The van der Waals surface area contributed by atoms with Crippen LogP contribution in [-0.2, 0) is 4.79 Å². The molecule has 1 amide bonds. The van der Waals surface area contributed by atoms with Crippen molar-refractivity contribution in [1.29, 1.82) is 0 Å². The Bertz CT molecular complexity index is 414. The van der Waals surface area contributed by atoms with Crippen LogP contribution in [-0.4, -0.2) is 29.7 Å². The highest BCUT2D eigenvalue weighted by atomic mass is 16.3. The number of anilines is 2. The van der Waals surface area contributed by atoms with E-state index >= 15 is 0 Å². The summed E-state index contributed by atoms with van der Waals surface area (Å²) >= 11 is 0. The monoisotopic (exact) mass is 248 g/mol. The first-order valence-electron chi connectivity index (χ1n) is 6.36. The summed E-state index contributed by atoms with van der Waals surface area (Å²) in [6.07, 6.45) is 2.49. The van der Waals surface area contributed by atoms with Crippen LogP contribution >= 0.6 is 0 Å². The maximum atomic E-state index is 11.6. The Kier molecular flexibility index (Phi) is 3.57. The fourth-order valence-corrected chi connectivity index (χ4v) is 2.01. The lowest BCUT2D eigenvalue weighted by atomic mass is 10.1. The third kappa shape index (κ3) is 3.01. The number of amides is 1. The maximum absolute atomic E-state index is 11.6. The van der Waals surface area contributed by atoms with Gasteiger partial charge in [0.05, 0.1) is 0 Å². The number of rotatable bonds is 3. The van der Waals surface area contributed by atoms with E-state index < -0.39 is 11.5 Å². The van der Waals surface area contributed by atoms with Crippen molar-refractivity contribution in [3.8, 4) is 0 Å². The van der Waals surface area contributed by atoms with E-state index in [1.807, 2.05) is 24.3 Å². The van der Waals surface area contributed by atoms with E-state index in [9.17, 15) is 9.90 Å². The van der Waals surface area contributed by atoms with Gasteiger partial charge in [-0.25, -0.2) is 0 Å². The molecule has 1 saturated heterocycles. The number of carbonyl (C=O) groups excluding carboxylic acids is 1. The molecule has 1 aromatic rings. The van der Waals surface area contributed by atoms with Crippen LogP contribution in [0.3, 0.4) is 0 Å². The van der Waals surface area contributed by atoms with Gasteiger partial charge in [0.1, 0.15) is 5.60 Å². The van der Waals surface area contributed by atoms with Crippen LogP contribution in [0.15, 0.2) is 24.3 Å². The van der Waals surface area contributed by atoms with Gasteiger partial charge < -0.3 is 15.3 Å². The highest BCUT2D eigenvalue weighted by Gasteiger charge is 2.23. The summed E-state index contributed by atoms with van der Waals surface area (Å²) in [7, 11) is 0. The van der Waals surface area contributed by atoms with Gasteiger partial charge >= 0.3 is 0 Å². The second-order valence-corrected chi connectivity index (χ2v) is 5.25. The van der Waals surface area contributed by atoms with Gasteiger partial charge in [-0.2, -0.15) is 0 Å². The van der Waals surface area contributed by atoms with E-state index in [1.54, 1.807) is 0 Å². The number of carbonyl (C=O) groups is 1. The third-order valence-corrected chi connectivity index (χ3v) is 3.15. The standard InChI is InChI=1S/C14H20N2O2/c1-14(2,18)13(17)15-11-5-7-12(8-6-11)16-9-3-4-10-16/h5-8,18H,3-4,9-10H2,1-2H3,(H,15,17). The number of benzene rings is 1. The van der Waals surface area contributed by atoms with E-state index in [-0.39, 0.29) is 0 Å². The Balaban J connectivity index is 2.01. The van der Waals surface area contributed by atoms with Crippen molar-refractivity contribution < 1.29 is 9.90 Å². The molecule has 0 radical (unpaired) electrons. The summed E-state index contributed by atoms with van der Waals surface area (Å²) in [6, 6.07) is 7.76. The first-order valence-corrected chi connectivity index (χ1v) is 6.36. The smallest absolute Gasteiger partial charge is 0.255 e. The Hall–Kier alpha value is -1.55. The fourth-order valence-electron chi connectivity index (χ4n) is 2.01. The van der Waals surface area contributed by atoms with Gasteiger partial charge in [-0.15, -0.1) is 0 Å². The average Bonchev–Trinajstić information content (AvgIpc) is 2.82. The predicted octanol–water partition coefficient (Wildman–Crippen LogP) is 2.00. The van der Waals surface area contributed by atoms with Gasteiger partial charge in [-0.3, -0.25) is 4.79 Å². The summed E-state index contributed by atoms with van der Waals surface area (Å²) < 4.78 is 0. The van der Waals surface area contributed by atoms with Crippen molar-refractivity contribution in [2.24, 2.45) is 0 Å². The summed E-state index contributed by atoms with van der Waals surface area (Å²) in [6.45, 7) is 5.16. The second-order valence-electron chi connectivity index (χ2n) is 5.25. The Morgan fingerprint density at radius 3 is 2.28 bits per heavy atom. The number of hydrogen-bond acceptors (Lipinski definition) is 3. The lowest BCUT2D eigenvalue weighted by Crippen LogP contribution is -2.36. The molecule has 1 aromatic carbocycles. The normalized spacial score (nSPS) is 15.8. The highest BCUT2D eigenvalue weighted by Crippen LogP contribution is 2.22. The molecule has 1 aliphatic heterocycles. The first-order chi connectivity index (χ1) is 8.47. The van der Waals surface area contributed by atoms with E-state index in [1.165, 1.54) is 32.4 Å². The molecular formula is C14H20N2O2. The maximum Gasteiger partial charge on any atom is 0.255 e. The summed E-state index contributed by atoms with van der Waals surface area (Å²) in [5.41, 5.74) is 0.548. The molecule has 0 bridgehead atoms. The SMILES string of the molecule is CC(C)(O)C(=O)Nc1ccc(N2CCCC2)cc1. The molecule has 1 aliphatic rings. The topological polar surface area (TPSA) is 52.6 Å². The van der Waals surface area contributed by atoms with Crippen LogP contribution in [0.4, 0.5) is 11.4 Å². The lowest BCUT2D eigenvalue weighted by Gasteiger charge is -2.19. The molecule has 1 fully saturated rings. The zero-order valence-corrected chi connectivity index (χ0v) is 10.9. The molecule has 18 heavy (non-hydrogen) atoms. The van der Waals surface area contributed by atoms with Crippen LogP contribution in [0, 0.1) is 0 Å². The Morgan fingerprint density at radius 2 is 1.78 bits per heavy atom. The van der Waals surface area contributed by atoms with Gasteiger partial charge in [0.2, 0.25) is 0 Å².